The third kappa shape index (κ3) is 6.13. The maximum absolute atomic E-state index is 13.2. The lowest BCUT2D eigenvalue weighted by atomic mass is 10.0. The number of anilines is 1. The number of carbonyl (C=O) groups is 3. The van der Waals surface area contributed by atoms with Crippen LogP contribution in [0.5, 0.6) is 0 Å². The third-order valence-corrected chi connectivity index (χ3v) is 6.14. The van der Waals surface area contributed by atoms with Gasteiger partial charge in [0.1, 0.15) is 6.54 Å². The van der Waals surface area contributed by atoms with E-state index in [1.165, 1.54) is 4.90 Å². The highest BCUT2D eigenvalue weighted by atomic mass is 16.2. The van der Waals surface area contributed by atoms with Gasteiger partial charge < -0.3 is 20.9 Å². The highest BCUT2D eigenvalue weighted by Gasteiger charge is 2.27. The molecule has 0 spiro atoms. The molecule has 3 amide bonds. The van der Waals surface area contributed by atoms with Gasteiger partial charge in [0.05, 0.1) is 6.54 Å². The van der Waals surface area contributed by atoms with Crippen molar-refractivity contribution in [1.82, 2.24) is 9.80 Å². The predicted octanol–water partition coefficient (Wildman–Crippen LogP) is 4.15. The first-order valence-corrected chi connectivity index (χ1v) is 11.9. The number of benzene rings is 3. The Labute approximate surface area is 205 Å². The quantitative estimate of drug-likeness (QED) is 0.484. The molecule has 3 aromatic rings. The maximum atomic E-state index is 13.2. The lowest BCUT2D eigenvalue weighted by molar-refractivity contribution is -0.116. The topological polar surface area (TPSA) is 95.7 Å². The van der Waals surface area contributed by atoms with Crippen molar-refractivity contribution in [2.75, 3.05) is 31.5 Å². The highest BCUT2D eigenvalue weighted by Crippen LogP contribution is 2.20. The summed E-state index contributed by atoms with van der Waals surface area (Å²) >= 11 is 0. The smallest absolute Gasteiger partial charge is 0.320 e. The van der Waals surface area contributed by atoms with Crippen LogP contribution in [0.1, 0.15) is 28.8 Å². The molecular formula is C28H30N4O3. The summed E-state index contributed by atoms with van der Waals surface area (Å²) in [7, 11) is 0. The molecule has 180 valence electrons. The zero-order valence-electron chi connectivity index (χ0n) is 19.7. The van der Waals surface area contributed by atoms with Crippen LogP contribution in [-0.2, 0) is 11.3 Å². The first-order chi connectivity index (χ1) is 17.0. The summed E-state index contributed by atoms with van der Waals surface area (Å²) in [5.74, 6) is -0.412. The number of hydrogen-bond acceptors (Lipinski definition) is 4. The van der Waals surface area contributed by atoms with E-state index in [4.69, 9.17) is 5.73 Å². The number of amides is 3. The van der Waals surface area contributed by atoms with Gasteiger partial charge in [-0.2, -0.15) is 0 Å². The fourth-order valence-corrected chi connectivity index (χ4v) is 4.22. The van der Waals surface area contributed by atoms with Gasteiger partial charge in [-0.3, -0.25) is 9.59 Å². The average Bonchev–Trinajstić information content (AvgIpc) is 3.06. The van der Waals surface area contributed by atoms with Gasteiger partial charge in [-0.15, -0.1) is 0 Å². The van der Waals surface area contributed by atoms with E-state index in [1.807, 2.05) is 60.7 Å². The van der Waals surface area contributed by atoms with Gasteiger partial charge in [-0.25, -0.2) is 4.79 Å². The summed E-state index contributed by atoms with van der Waals surface area (Å²) in [6, 6.07) is 24.4. The van der Waals surface area contributed by atoms with Crippen molar-refractivity contribution < 1.29 is 14.4 Å². The SMILES string of the molecule is NCc1ccccc1NC(=O)CN1CCCCN(CC(=O)c2ccc(-c3ccccc3)cc2)C1=O. The molecule has 3 aromatic carbocycles. The molecule has 3 N–H and O–H groups in total. The highest BCUT2D eigenvalue weighted by molar-refractivity contribution is 6.00. The minimum atomic E-state index is -0.293. The van der Waals surface area contributed by atoms with Crippen LogP contribution in [0.3, 0.4) is 0 Å². The molecule has 0 saturated carbocycles. The molecule has 0 bridgehead atoms. The van der Waals surface area contributed by atoms with Gasteiger partial charge in [-0.05, 0) is 35.6 Å². The second-order valence-corrected chi connectivity index (χ2v) is 8.61. The van der Waals surface area contributed by atoms with Crippen LogP contribution >= 0.6 is 0 Å². The number of hydrogen-bond donors (Lipinski definition) is 2. The number of nitrogens with two attached hydrogens (primary N) is 1. The monoisotopic (exact) mass is 470 g/mol. The molecular weight excluding hydrogens is 440 g/mol. The van der Waals surface area contributed by atoms with Crippen LogP contribution in [0.25, 0.3) is 11.1 Å². The van der Waals surface area contributed by atoms with Crippen LogP contribution in [-0.4, -0.2) is 53.7 Å². The second kappa shape index (κ2) is 11.4. The average molecular weight is 471 g/mol. The van der Waals surface area contributed by atoms with Crippen molar-refractivity contribution in [3.8, 4) is 11.1 Å². The summed E-state index contributed by atoms with van der Waals surface area (Å²) < 4.78 is 0. The zero-order chi connectivity index (χ0) is 24.6. The molecule has 1 aliphatic rings. The van der Waals surface area contributed by atoms with Gasteiger partial charge in [0.25, 0.3) is 0 Å². The largest absolute Gasteiger partial charge is 0.326 e. The number of urea groups is 1. The Morgan fingerprint density at radius 3 is 2.06 bits per heavy atom. The summed E-state index contributed by atoms with van der Waals surface area (Å²) in [5, 5.41) is 2.85. The molecule has 0 atom stereocenters. The lowest BCUT2D eigenvalue weighted by Crippen LogP contribution is -2.46. The van der Waals surface area contributed by atoms with E-state index in [1.54, 1.807) is 23.1 Å². The summed E-state index contributed by atoms with van der Waals surface area (Å²) in [4.78, 5) is 41.8. The van der Waals surface area contributed by atoms with Gasteiger partial charge >= 0.3 is 6.03 Å². The fraction of sp³-hybridized carbons (Fsp3) is 0.250. The summed E-state index contributed by atoms with van der Waals surface area (Å²) in [6.07, 6.45) is 1.55. The molecule has 7 nitrogen and oxygen atoms in total. The molecule has 1 aliphatic heterocycles. The Morgan fingerprint density at radius 1 is 0.771 bits per heavy atom. The molecule has 4 rings (SSSR count). The van der Waals surface area contributed by atoms with Gasteiger partial charge in [0.15, 0.2) is 5.78 Å². The van der Waals surface area contributed by atoms with Crippen molar-refractivity contribution in [1.29, 1.82) is 0 Å². The molecule has 0 radical (unpaired) electrons. The van der Waals surface area contributed by atoms with E-state index in [0.29, 0.717) is 30.9 Å². The van der Waals surface area contributed by atoms with E-state index in [2.05, 4.69) is 5.32 Å². The lowest BCUT2D eigenvalue weighted by Gasteiger charge is -2.27. The van der Waals surface area contributed by atoms with Crippen molar-refractivity contribution in [3.05, 3.63) is 90.0 Å². The Kier molecular flexibility index (Phi) is 7.90. The van der Waals surface area contributed by atoms with Crippen LogP contribution in [0.4, 0.5) is 10.5 Å². The standard InChI is InChI=1S/C28H30N4O3/c29-18-24-10-4-5-11-25(24)30-27(34)20-32-17-7-6-16-31(28(32)35)19-26(33)23-14-12-22(13-15-23)21-8-2-1-3-9-21/h1-5,8-15H,6-7,16-20,29H2,(H,30,34). The molecule has 0 aromatic heterocycles. The minimum absolute atomic E-state index is 0.0162. The molecule has 1 saturated heterocycles. The van der Waals surface area contributed by atoms with E-state index < -0.39 is 0 Å². The zero-order valence-corrected chi connectivity index (χ0v) is 19.7. The van der Waals surface area contributed by atoms with Crippen molar-refractivity contribution >= 4 is 23.4 Å². The molecule has 7 heteroatoms. The first-order valence-electron chi connectivity index (χ1n) is 11.9. The van der Waals surface area contributed by atoms with Gasteiger partial charge in [0, 0.05) is 30.9 Å². The summed E-state index contributed by atoms with van der Waals surface area (Å²) in [5.41, 5.74) is 9.89. The van der Waals surface area contributed by atoms with E-state index in [0.717, 1.165) is 29.5 Å². The van der Waals surface area contributed by atoms with Crippen LogP contribution < -0.4 is 11.1 Å². The number of ketones is 1. The van der Waals surface area contributed by atoms with Crippen molar-refractivity contribution in [3.63, 3.8) is 0 Å². The molecule has 1 fully saturated rings. The molecule has 0 aliphatic carbocycles. The first kappa shape index (κ1) is 24.2. The molecule has 0 unspecified atom stereocenters. The second-order valence-electron chi connectivity index (χ2n) is 8.61. The maximum Gasteiger partial charge on any atom is 0.320 e. The number of nitrogens with zero attached hydrogens (tertiary/aromatic N) is 2. The van der Waals surface area contributed by atoms with Gasteiger partial charge in [-0.1, -0.05) is 72.8 Å². The fourth-order valence-electron chi connectivity index (χ4n) is 4.22. The van der Waals surface area contributed by atoms with Crippen molar-refractivity contribution in [2.45, 2.75) is 19.4 Å². The van der Waals surface area contributed by atoms with Gasteiger partial charge in [0.2, 0.25) is 5.91 Å². The van der Waals surface area contributed by atoms with E-state index in [-0.39, 0.29) is 30.8 Å². The number of nitrogens with one attached hydrogen (secondary N) is 1. The predicted molar refractivity (Wildman–Crippen MR) is 137 cm³/mol. The van der Waals surface area contributed by atoms with Crippen LogP contribution in [0, 0.1) is 0 Å². The van der Waals surface area contributed by atoms with E-state index in [9.17, 15) is 14.4 Å². The number of Topliss-reactive ketones (excluding diaryl/α,β-unsaturated/α-hetero) is 1. The van der Waals surface area contributed by atoms with Crippen LogP contribution in [0.15, 0.2) is 78.9 Å². The number of para-hydroxylation sites is 1. The number of rotatable bonds is 8. The Balaban J connectivity index is 1.38. The Hall–Kier alpha value is -3.97. The Bertz CT molecular complexity index is 1180. The molecule has 1 heterocycles. The Morgan fingerprint density at radius 2 is 1.37 bits per heavy atom. The van der Waals surface area contributed by atoms with E-state index >= 15 is 0 Å². The summed E-state index contributed by atoms with van der Waals surface area (Å²) in [6.45, 7) is 1.18. The third-order valence-electron chi connectivity index (χ3n) is 6.14. The van der Waals surface area contributed by atoms with Crippen molar-refractivity contribution in [2.24, 2.45) is 5.73 Å². The minimum Gasteiger partial charge on any atom is -0.326 e. The number of carbonyl (C=O) groups excluding carboxylic acids is 3. The van der Waals surface area contributed by atoms with Crippen LogP contribution in [0.2, 0.25) is 0 Å². The normalized spacial score (nSPS) is 13.9. The molecule has 35 heavy (non-hydrogen) atoms.